The van der Waals surface area contributed by atoms with Crippen molar-refractivity contribution in [1.82, 2.24) is 20.4 Å². The summed E-state index contributed by atoms with van der Waals surface area (Å²) in [6, 6.07) is 0. The van der Waals surface area contributed by atoms with Gasteiger partial charge in [-0.1, -0.05) is 0 Å². The molecule has 2 rings (SSSR count). The van der Waals surface area contributed by atoms with Gasteiger partial charge in [-0.25, -0.2) is 4.98 Å². The summed E-state index contributed by atoms with van der Waals surface area (Å²) in [4.78, 5) is 4.51. The highest BCUT2D eigenvalue weighted by atomic mass is 15.3. The minimum atomic E-state index is 0.552. The first-order valence-corrected chi connectivity index (χ1v) is 6.13. The lowest BCUT2D eigenvalue weighted by atomic mass is 9.98. The molecule has 2 heterocycles. The number of rotatable bonds is 6. The first-order valence-electron chi connectivity index (χ1n) is 6.13. The Morgan fingerprint density at radius 2 is 1.50 bits per heavy atom. The number of fused-ring (bicyclic) bond motifs is 1. The van der Waals surface area contributed by atoms with Crippen molar-refractivity contribution in [3.63, 3.8) is 0 Å². The van der Waals surface area contributed by atoms with Crippen molar-refractivity contribution in [1.29, 1.82) is 0 Å². The number of H-pyrrole nitrogens is 1. The van der Waals surface area contributed by atoms with E-state index in [0.717, 1.165) is 41.6 Å². The molecule has 7 N–H and O–H groups in total. The first kappa shape index (κ1) is 12.9. The zero-order valence-corrected chi connectivity index (χ0v) is 10.3. The highest BCUT2D eigenvalue weighted by molar-refractivity contribution is 5.75. The Hall–Kier alpha value is -1.57. The van der Waals surface area contributed by atoms with Crippen LogP contribution < -0.4 is 17.2 Å². The van der Waals surface area contributed by atoms with Crippen LogP contribution >= 0.6 is 0 Å². The second-order valence-electron chi connectivity index (χ2n) is 4.13. The lowest BCUT2D eigenvalue weighted by molar-refractivity contribution is 0.846. The summed E-state index contributed by atoms with van der Waals surface area (Å²) in [5, 5.41) is 10.8. The predicted octanol–water partition coefficient (Wildman–Crippen LogP) is -1.14. The van der Waals surface area contributed by atoms with Crippen molar-refractivity contribution >= 4 is 11.2 Å². The standard InChI is InChI=1S/C11H19N7/c12-4-1-7-8(2-5-13)10-11(17-18-16-10)15-9(7)3-6-14/h1-6,12-14H2,(H,15,16,17,18). The van der Waals surface area contributed by atoms with Gasteiger partial charge in [0.15, 0.2) is 0 Å². The van der Waals surface area contributed by atoms with E-state index in [2.05, 4.69) is 20.4 Å². The van der Waals surface area contributed by atoms with Crippen LogP contribution in [0.2, 0.25) is 0 Å². The second-order valence-corrected chi connectivity index (χ2v) is 4.13. The molecular formula is C11H19N7. The third-order valence-electron chi connectivity index (χ3n) is 2.94. The average molecular weight is 249 g/mol. The van der Waals surface area contributed by atoms with E-state index in [9.17, 15) is 0 Å². The fourth-order valence-electron chi connectivity index (χ4n) is 2.21. The van der Waals surface area contributed by atoms with Crippen LogP contribution in [0.25, 0.3) is 11.2 Å². The van der Waals surface area contributed by atoms with Crippen molar-refractivity contribution in [2.24, 2.45) is 17.2 Å². The maximum atomic E-state index is 5.68. The molecule has 0 fully saturated rings. The van der Waals surface area contributed by atoms with Crippen molar-refractivity contribution in [3.05, 3.63) is 16.8 Å². The summed E-state index contributed by atoms with van der Waals surface area (Å²) >= 11 is 0. The minimum absolute atomic E-state index is 0.552. The molecule has 0 aliphatic carbocycles. The Labute approximate surface area is 105 Å². The third kappa shape index (κ3) is 2.33. The molecule has 0 radical (unpaired) electrons. The Bertz CT molecular complexity index is 519. The molecule has 2 aromatic rings. The molecule has 0 amide bonds. The van der Waals surface area contributed by atoms with E-state index in [-0.39, 0.29) is 0 Å². The van der Waals surface area contributed by atoms with Gasteiger partial charge in [-0.2, -0.15) is 10.3 Å². The summed E-state index contributed by atoms with van der Waals surface area (Å²) in [6.45, 7) is 1.68. The molecule has 0 spiro atoms. The number of pyridine rings is 1. The quantitative estimate of drug-likeness (QED) is 0.511. The number of aromatic nitrogens is 4. The fourth-order valence-corrected chi connectivity index (χ4v) is 2.21. The Morgan fingerprint density at radius 3 is 2.17 bits per heavy atom. The molecule has 0 saturated heterocycles. The van der Waals surface area contributed by atoms with Crippen molar-refractivity contribution in [2.45, 2.75) is 19.3 Å². The van der Waals surface area contributed by atoms with Crippen molar-refractivity contribution in [2.75, 3.05) is 19.6 Å². The van der Waals surface area contributed by atoms with E-state index in [0.29, 0.717) is 25.3 Å². The van der Waals surface area contributed by atoms with Crippen LogP contribution in [0.1, 0.15) is 16.8 Å². The number of aromatic amines is 1. The van der Waals surface area contributed by atoms with Gasteiger partial charge >= 0.3 is 0 Å². The molecule has 0 atom stereocenters. The van der Waals surface area contributed by atoms with Gasteiger partial charge in [-0.05, 0) is 43.6 Å². The summed E-state index contributed by atoms with van der Waals surface area (Å²) in [5.74, 6) is 0. The van der Waals surface area contributed by atoms with Crippen LogP contribution in [0.15, 0.2) is 0 Å². The first-order chi connectivity index (χ1) is 8.81. The molecule has 0 unspecified atom stereocenters. The Kier molecular flexibility index (Phi) is 4.19. The van der Waals surface area contributed by atoms with E-state index < -0.39 is 0 Å². The number of hydrogen-bond acceptors (Lipinski definition) is 6. The zero-order valence-electron chi connectivity index (χ0n) is 10.3. The molecule has 0 aromatic carbocycles. The maximum absolute atomic E-state index is 5.68. The van der Waals surface area contributed by atoms with Crippen molar-refractivity contribution in [3.8, 4) is 0 Å². The van der Waals surface area contributed by atoms with Crippen LogP contribution in [-0.2, 0) is 19.3 Å². The Balaban J connectivity index is 2.61. The lowest BCUT2D eigenvalue weighted by Crippen LogP contribution is -2.15. The van der Waals surface area contributed by atoms with Crippen molar-refractivity contribution < 1.29 is 0 Å². The maximum Gasteiger partial charge on any atom is 0.202 e. The highest BCUT2D eigenvalue weighted by Crippen LogP contribution is 2.21. The van der Waals surface area contributed by atoms with E-state index in [1.165, 1.54) is 0 Å². The minimum Gasteiger partial charge on any atom is -0.330 e. The van der Waals surface area contributed by atoms with Gasteiger partial charge in [-0.15, -0.1) is 5.10 Å². The topological polar surface area (TPSA) is 133 Å². The lowest BCUT2D eigenvalue weighted by Gasteiger charge is -2.13. The molecule has 2 aromatic heterocycles. The molecule has 98 valence electrons. The molecule has 0 aliphatic heterocycles. The van der Waals surface area contributed by atoms with Gasteiger partial charge < -0.3 is 17.2 Å². The smallest absolute Gasteiger partial charge is 0.202 e. The monoisotopic (exact) mass is 249 g/mol. The van der Waals surface area contributed by atoms with E-state index in [1.807, 2.05) is 0 Å². The van der Waals surface area contributed by atoms with E-state index >= 15 is 0 Å². The number of nitrogens with one attached hydrogen (secondary N) is 1. The SMILES string of the molecule is NCCc1nc2n[nH]nc2c(CCN)c1CCN. The molecular weight excluding hydrogens is 230 g/mol. The van der Waals surface area contributed by atoms with E-state index in [1.54, 1.807) is 0 Å². The fraction of sp³-hybridized carbons (Fsp3) is 0.545. The van der Waals surface area contributed by atoms with Crippen LogP contribution in [0.4, 0.5) is 0 Å². The molecule has 7 nitrogen and oxygen atoms in total. The average Bonchev–Trinajstić information content (AvgIpc) is 2.81. The molecule has 0 bridgehead atoms. The van der Waals surface area contributed by atoms with Crippen LogP contribution in [0.5, 0.6) is 0 Å². The van der Waals surface area contributed by atoms with Gasteiger partial charge in [0.2, 0.25) is 5.65 Å². The molecule has 18 heavy (non-hydrogen) atoms. The van der Waals surface area contributed by atoms with Crippen LogP contribution in [0.3, 0.4) is 0 Å². The molecule has 7 heteroatoms. The van der Waals surface area contributed by atoms with E-state index in [4.69, 9.17) is 17.2 Å². The molecule has 0 saturated carbocycles. The van der Waals surface area contributed by atoms with Gasteiger partial charge in [-0.3, -0.25) is 0 Å². The number of hydrogen-bond donors (Lipinski definition) is 4. The zero-order chi connectivity index (χ0) is 13.0. The summed E-state index contributed by atoms with van der Waals surface area (Å²) in [6.07, 6.45) is 2.23. The second kappa shape index (κ2) is 5.85. The highest BCUT2D eigenvalue weighted by Gasteiger charge is 2.16. The Morgan fingerprint density at radius 1 is 0.833 bits per heavy atom. The van der Waals surface area contributed by atoms with Gasteiger partial charge in [0.25, 0.3) is 0 Å². The predicted molar refractivity (Wildman–Crippen MR) is 70.0 cm³/mol. The largest absolute Gasteiger partial charge is 0.330 e. The van der Waals surface area contributed by atoms with Gasteiger partial charge in [0.1, 0.15) is 5.52 Å². The number of nitrogens with zero attached hydrogens (tertiary/aromatic N) is 3. The summed E-state index contributed by atoms with van der Waals surface area (Å²) < 4.78 is 0. The summed E-state index contributed by atoms with van der Waals surface area (Å²) in [7, 11) is 0. The number of nitrogens with two attached hydrogens (primary N) is 3. The van der Waals surface area contributed by atoms with Crippen LogP contribution in [-0.4, -0.2) is 40.0 Å². The van der Waals surface area contributed by atoms with Crippen LogP contribution in [0, 0.1) is 0 Å². The van der Waals surface area contributed by atoms with Gasteiger partial charge in [0, 0.05) is 12.1 Å². The molecule has 0 aliphatic rings. The summed E-state index contributed by atoms with van der Waals surface area (Å²) in [5.41, 5.74) is 21.6. The van der Waals surface area contributed by atoms with Gasteiger partial charge in [0.05, 0.1) is 0 Å². The third-order valence-corrected chi connectivity index (χ3v) is 2.94. The normalized spacial score (nSPS) is 11.3.